The van der Waals surface area contributed by atoms with Gasteiger partial charge in [-0.1, -0.05) is 43.3 Å². The molecule has 1 heterocycles. The molecule has 4 rings (SSSR count). The molecule has 1 aliphatic rings. The second-order valence-corrected chi connectivity index (χ2v) is 9.66. The molecule has 1 amide bonds. The first kappa shape index (κ1) is 21.3. The fraction of sp³-hybridized carbons (Fsp3) is 0.240. The molecule has 0 radical (unpaired) electrons. The summed E-state index contributed by atoms with van der Waals surface area (Å²) in [6, 6.07) is 22.0. The summed E-state index contributed by atoms with van der Waals surface area (Å²) >= 11 is 0. The Bertz CT molecular complexity index is 1160. The van der Waals surface area contributed by atoms with Gasteiger partial charge >= 0.3 is 0 Å². The molecular formula is C25H26N2O3S. The average molecular weight is 435 g/mol. The van der Waals surface area contributed by atoms with Crippen LogP contribution in [0.15, 0.2) is 77.7 Å². The highest BCUT2D eigenvalue weighted by Crippen LogP contribution is 2.26. The zero-order valence-corrected chi connectivity index (χ0v) is 18.4. The Labute approximate surface area is 183 Å². The highest BCUT2D eigenvalue weighted by atomic mass is 32.2. The summed E-state index contributed by atoms with van der Waals surface area (Å²) in [5, 5.41) is 2.92. The van der Waals surface area contributed by atoms with Gasteiger partial charge in [0.25, 0.3) is 5.91 Å². The van der Waals surface area contributed by atoms with Gasteiger partial charge in [-0.3, -0.25) is 4.79 Å². The molecule has 0 atom stereocenters. The van der Waals surface area contributed by atoms with Crippen LogP contribution < -0.4 is 5.32 Å². The molecule has 0 aromatic heterocycles. The van der Waals surface area contributed by atoms with Crippen LogP contribution in [0.25, 0.3) is 11.1 Å². The standard InChI is InChI=1S/C25H26N2O3S/c1-2-19-8-12-23(13-9-19)26-25(28)22-7-5-6-21(18-22)20-10-14-24(15-11-20)31(29,30)27-16-3-4-17-27/h5-15,18H,2-4,16-17H2,1H3,(H,26,28). The number of sulfonamides is 1. The molecule has 1 aliphatic heterocycles. The van der Waals surface area contributed by atoms with Gasteiger partial charge < -0.3 is 5.32 Å². The van der Waals surface area contributed by atoms with Gasteiger partial charge in [0.1, 0.15) is 0 Å². The number of hydrogen-bond acceptors (Lipinski definition) is 3. The smallest absolute Gasteiger partial charge is 0.255 e. The Balaban J connectivity index is 1.51. The molecule has 1 saturated heterocycles. The van der Waals surface area contributed by atoms with Crippen LogP contribution in [-0.4, -0.2) is 31.7 Å². The normalized spacial score (nSPS) is 14.5. The number of carbonyl (C=O) groups is 1. The summed E-state index contributed by atoms with van der Waals surface area (Å²) < 4.78 is 27.0. The van der Waals surface area contributed by atoms with Crippen molar-refractivity contribution in [2.45, 2.75) is 31.1 Å². The lowest BCUT2D eigenvalue weighted by Gasteiger charge is -2.15. The topological polar surface area (TPSA) is 66.5 Å². The maximum absolute atomic E-state index is 12.7. The zero-order chi connectivity index (χ0) is 21.8. The second kappa shape index (κ2) is 9.04. The number of aryl methyl sites for hydroxylation is 1. The van der Waals surface area contributed by atoms with Crippen molar-refractivity contribution < 1.29 is 13.2 Å². The lowest BCUT2D eigenvalue weighted by Crippen LogP contribution is -2.27. The molecule has 0 spiro atoms. The van der Waals surface area contributed by atoms with Crippen molar-refractivity contribution in [3.63, 3.8) is 0 Å². The first-order valence-electron chi connectivity index (χ1n) is 10.6. The minimum Gasteiger partial charge on any atom is -0.322 e. The van der Waals surface area contributed by atoms with Gasteiger partial charge in [0, 0.05) is 24.3 Å². The van der Waals surface area contributed by atoms with Crippen LogP contribution in [0.1, 0.15) is 35.7 Å². The van der Waals surface area contributed by atoms with Crippen LogP contribution in [0.3, 0.4) is 0 Å². The molecule has 0 bridgehead atoms. The fourth-order valence-electron chi connectivity index (χ4n) is 3.76. The summed E-state index contributed by atoms with van der Waals surface area (Å²) in [7, 11) is -3.43. The van der Waals surface area contributed by atoms with E-state index in [1.807, 2.05) is 42.5 Å². The maximum atomic E-state index is 12.7. The van der Waals surface area contributed by atoms with Crippen LogP contribution in [0.5, 0.6) is 0 Å². The van der Waals surface area contributed by atoms with Crippen molar-refractivity contribution in [3.05, 3.63) is 83.9 Å². The Hall–Kier alpha value is -2.96. The number of nitrogens with zero attached hydrogens (tertiary/aromatic N) is 1. The molecule has 5 nitrogen and oxygen atoms in total. The number of anilines is 1. The molecule has 160 valence electrons. The largest absolute Gasteiger partial charge is 0.322 e. The highest BCUT2D eigenvalue weighted by Gasteiger charge is 2.26. The minimum atomic E-state index is -3.43. The first-order chi connectivity index (χ1) is 15.0. The average Bonchev–Trinajstić information content (AvgIpc) is 3.36. The predicted octanol–water partition coefficient (Wildman–Crippen LogP) is 4.95. The van der Waals surface area contributed by atoms with Gasteiger partial charge in [-0.15, -0.1) is 0 Å². The molecule has 1 fully saturated rings. The third kappa shape index (κ3) is 4.70. The fourth-order valence-corrected chi connectivity index (χ4v) is 5.28. The van der Waals surface area contributed by atoms with Crippen LogP contribution >= 0.6 is 0 Å². The molecule has 1 N–H and O–H groups in total. The van der Waals surface area contributed by atoms with Crippen LogP contribution in [-0.2, 0) is 16.4 Å². The van der Waals surface area contributed by atoms with Crippen molar-refractivity contribution in [2.24, 2.45) is 0 Å². The Kier molecular flexibility index (Phi) is 6.20. The SMILES string of the molecule is CCc1ccc(NC(=O)c2cccc(-c3ccc(S(=O)(=O)N4CCCC4)cc3)c2)cc1. The summed E-state index contributed by atoms with van der Waals surface area (Å²) in [6.07, 6.45) is 2.78. The molecule has 0 saturated carbocycles. The molecule has 0 unspecified atom stereocenters. The molecule has 3 aromatic carbocycles. The Morgan fingerprint density at radius 3 is 2.23 bits per heavy atom. The van der Waals surface area contributed by atoms with Gasteiger partial charge in [-0.25, -0.2) is 8.42 Å². The maximum Gasteiger partial charge on any atom is 0.255 e. The summed E-state index contributed by atoms with van der Waals surface area (Å²) in [5.74, 6) is -0.181. The van der Waals surface area contributed by atoms with Crippen molar-refractivity contribution >= 4 is 21.6 Å². The van der Waals surface area contributed by atoms with Crippen LogP contribution in [0.2, 0.25) is 0 Å². The number of hydrogen-bond donors (Lipinski definition) is 1. The zero-order valence-electron chi connectivity index (χ0n) is 17.5. The molecule has 31 heavy (non-hydrogen) atoms. The Morgan fingerprint density at radius 1 is 0.903 bits per heavy atom. The number of nitrogens with one attached hydrogen (secondary N) is 1. The van der Waals surface area contributed by atoms with E-state index in [0.717, 1.165) is 36.1 Å². The molecular weight excluding hydrogens is 408 g/mol. The summed E-state index contributed by atoms with van der Waals surface area (Å²) in [4.78, 5) is 13.0. The van der Waals surface area contributed by atoms with Crippen molar-refractivity contribution in [2.75, 3.05) is 18.4 Å². The van der Waals surface area contributed by atoms with Crippen molar-refractivity contribution in [1.29, 1.82) is 0 Å². The van der Waals surface area contributed by atoms with Gasteiger partial charge in [0.15, 0.2) is 0 Å². The van der Waals surface area contributed by atoms with Crippen LogP contribution in [0.4, 0.5) is 5.69 Å². The molecule has 3 aromatic rings. The minimum absolute atomic E-state index is 0.181. The number of benzene rings is 3. The number of rotatable bonds is 6. The van der Waals surface area contributed by atoms with E-state index in [9.17, 15) is 13.2 Å². The summed E-state index contributed by atoms with van der Waals surface area (Å²) in [5.41, 5.74) is 4.24. The second-order valence-electron chi connectivity index (χ2n) is 7.72. The van der Waals surface area contributed by atoms with E-state index in [1.54, 1.807) is 34.6 Å². The third-order valence-corrected chi connectivity index (χ3v) is 7.55. The predicted molar refractivity (Wildman–Crippen MR) is 124 cm³/mol. The van der Waals surface area contributed by atoms with Crippen LogP contribution in [0, 0.1) is 0 Å². The summed E-state index contributed by atoms with van der Waals surface area (Å²) in [6.45, 7) is 3.26. The quantitative estimate of drug-likeness (QED) is 0.597. The van der Waals surface area contributed by atoms with Crippen molar-refractivity contribution in [3.8, 4) is 11.1 Å². The lowest BCUT2D eigenvalue weighted by molar-refractivity contribution is 0.102. The van der Waals surface area contributed by atoms with E-state index in [0.29, 0.717) is 23.5 Å². The molecule has 0 aliphatic carbocycles. The molecule has 6 heteroatoms. The first-order valence-corrected chi connectivity index (χ1v) is 12.0. The van der Waals surface area contributed by atoms with Crippen molar-refractivity contribution in [1.82, 2.24) is 4.31 Å². The third-order valence-electron chi connectivity index (χ3n) is 5.64. The van der Waals surface area contributed by atoms with E-state index in [-0.39, 0.29) is 5.91 Å². The highest BCUT2D eigenvalue weighted by molar-refractivity contribution is 7.89. The van der Waals surface area contributed by atoms with E-state index in [2.05, 4.69) is 12.2 Å². The van der Waals surface area contributed by atoms with Gasteiger partial charge in [-0.05, 0) is 72.4 Å². The van der Waals surface area contributed by atoms with E-state index in [4.69, 9.17) is 0 Å². The van der Waals surface area contributed by atoms with E-state index in [1.165, 1.54) is 5.56 Å². The Morgan fingerprint density at radius 2 is 1.58 bits per heavy atom. The van der Waals surface area contributed by atoms with Gasteiger partial charge in [0.2, 0.25) is 10.0 Å². The number of amides is 1. The van der Waals surface area contributed by atoms with Gasteiger partial charge in [0.05, 0.1) is 4.90 Å². The lowest BCUT2D eigenvalue weighted by atomic mass is 10.0. The van der Waals surface area contributed by atoms with E-state index < -0.39 is 10.0 Å². The van der Waals surface area contributed by atoms with E-state index >= 15 is 0 Å². The number of carbonyl (C=O) groups excluding carboxylic acids is 1. The van der Waals surface area contributed by atoms with Gasteiger partial charge in [-0.2, -0.15) is 4.31 Å². The monoisotopic (exact) mass is 434 g/mol.